The van der Waals surface area contributed by atoms with Gasteiger partial charge in [0, 0.05) is 36.5 Å². The zero-order valence-electron chi connectivity index (χ0n) is 17.4. The molecule has 1 fully saturated rings. The third-order valence-electron chi connectivity index (χ3n) is 5.69. The molecule has 2 aromatic carbocycles. The normalized spacial score (nSPS) is 19.3. The molecule has 0 radical (unpaired) electrons. The van der Waals surface area contributed by atoms with E-state index in [0.29, 0.717) is 18.6 Å². The molecule has 8 heteroatoms. The van der Waals surface area contributed by atoms with Crippen LogP contribution >= 0.6 is 15.9 Å². The number of amides is 3. The van der Waals surface area contributed by atoms with Crippen LogP contribution in [0.5, 0.6) is 0 Å². The highest BCUT2D eigenvalue weighted by Gasteiger charge is 2.44. The van der Waals surface area contributed by atoms with Gasteiger partial charge in [-0.05, 0) is 36.1 Å². The number of carbonyl (C=O) groups excluding carboxylic acids is 3. The van der Waals surface area contributed by atoms with Crippen LogP contribution in [-0.4, -0.2) is 50.1 Å². The molecule has 0 aromatic heterocycles. The number of anilines is 1. The first-order valence-electron chi connectivity index (χ1n) is 10.2. The zero-order chi connectivity index (χ0) is 21.6. The number of ether oxygens (including phenoxy) is 1. The van der Waals surface area contributed by atoms with Crippen molar-refractivity contribution in [2.45, 2.75) is 44.6 Å². The number of nitrogens with zero attached hydrogens (tertiary/aromatic N) is 2. The van der Waals surface area contributed by atoms with Crippen molar-refractivity contribution < 1.29 is 19.1 Å². The Bertz CT molecular complexity index is 1050. The molecule has 2 aliphatic rings. The van der Waals surface area contributed by atoms with E-state index in [4.69, 9.17) is 4.74 Å². The summed E-state index contributed by atoms with van der Waals surface area (Å²) in [5, 5.41) is 1.78. The highest BCUT2D eigenvalue weighted by molar-refractivity contribution is 9.10. The molecule has 1 saturated heterocycles. The van der Waals surface area contributed by atoms with E-state index < -0.39 is 14.1 Å². The zero-order valence-corrected chi connectivity index (χ0v) is 20.0. The SMILES string of the molecule is C[Si](C)(C)CCOCN1C(=O)CCC(N2C(=O)c3cccc4c(Br)ccc2c34)C1=O. The second-order valence-electron chi connectivity index (χ2n) is 9.03. The monoisotopic (exact) mass is 488 g/mol. The first-order valence-corrected chi connectivity index (χ1v) is 14.7. The van der Waals surface area contributed by atoms with Gasteiger partial charge in [-0.3, -0.25) is 24.2 Å². The van der Waals surface area contributed by atoms with Crippen LogP contribution in [0.4, 0.5) is 5.69 Å². The average Bonchev–Trinajstić information content (AvgIpc) is 2.97. The highest BCUT2D eigenvalue weighted by Crippen LogP contribution is 2.42. The van der Waals surface area contributed by atoms with Crippen LogP contribution in [0.3, 0.4) is 0 Å². The number of piperidine rings is 1. The smallest absolute Gasteiger partial charge is 0.259 e. The first kappa shape index (κ1) is 21.2. The van der Waals surface area contributed by atoms with Gasteiger partial charge in [0.15, 0.2) is 0 Å². The highest BCUT2D eigenvalue weighted by atomic mass is 79.9. The van der Waals surface area contributed by atoms with Gasteiger partial charge in [0.05, 0.1) is 5.69 Å². The van der Waals surface area contributed by atoms with E-state index in [1.165, 1.54) is 4.90 Å². The molecule has 1 unspecified atom stereocenters. The van der Waals surface area contributed by atoms with Gasteiger partial charge in [-0.1, -0.05) is 47.7 Å². The Morgan fingerprint density at radius 3 is 2.63 bits per heavy atom. The third kappa shape index (κ3) is 3.72. The Morgan fingerprint density at radius 1 is 1.13 bits per heavy atom. The maximum Gasteiger partial charge on any atom is 0.259 e. The lowest BCUT2D eigenvalue weighted by Crippen LogP contribution is -2.56. The Hall–Kier alpha value is -2.03. The van der Waals surface area contributed by atoms with Gasteiger partial charge in [0.25, 0.3) is 11.8 Å². The van der Waals surface area contributed by atoms with Crippen LogP contribution in [-0.2, 0) is 14.3 Å². The van der Waals surface area contributed by atoms with Crippen LogP contribution in [0.1, 0.15) is 23.2 Å². The van der Waals surface area contributed by atoms with E-state index in [0.717, 1.165) is 27.0 Å². The van der Waals surface area contributed by atoms with E-state index in [2.05, 4.69) is 35.6 Å². The number of halogens is 1. The summed E-state index contributed by atoms with van der Waals surface area (Å²) in [5.41, 5.74) is 1.31. The maximum atomic E-state index is 13.2. The van der Waals surface area contributed by atoms with Gasteiger partial charge in [-0.15, -0.1) is 0 Å². The molecular formula is C22H25BrN2O4Si. The number of hydrogen-bond acceptors (Lipinski definition) is 4. The molecule has 0 saturated carbocycles. The molecule has 1 atom stereocenters. The molecule has 0 spiro atoms. The van der Waals surface area contributed by atoms with Gasteiger partial charge < -0.3 is 4.74 Å². The van der Waals surface area contributed by atoms with Gasteiger partial charge in [-0.2, -0.15) is 0 Å². The van der Waals surface area contributed by atoms with Crippen molar-refractivity contribution in [2.75, 3.05) is 18.2 Å². The molecule has 3 amide bonds. The predicted octanol–water partition coefficient (Wildman–Crippen LogP) is 4.39. The van der Waals surface area contributed by atoms with Crippen molar-refractivity contribution in [2.24, 2.45) is 0 Å². The van der Waals surface area contributed by atoms with E-state index in [-0.39, 0.29) is 30.9 Å². The number of carbonyl (C=O) groups is 3. The molecule has 6 nitrogen and oxygen atoms in total. The van der Waals surface area contributed by atoms with Crippen molar-refractivity contribution in [3.63, 3.8) is 0 Å². The van der Waals surface area contributed by atoms with Crippen molar-refractivity contribution in [3.8, 4) is 0 Å². The van der Waals surface area contributed by atoms with Crippen LogP contribution in [0.25, 0.3) is 10.8 Å². The molecule has 158 valence electrons. The van der Waals surface area contributed by atoms with Crippen LogP contribution in [0.2, 0.25) is 25.7 Å². The number of rotatable bonds is 6. The molecule has 2 heterocycles. The Kier molecular flexibility index (Phi) is 5.59. The third-order valence-corrected chi connectivity index (χ3v) is 8.08. The summed E-state index contributed by atoms with van der Waals surface area (Å²) in [7, 11) is -1.26. The first-order chi connectivity index (χ1) is 14.2. The summed E-state index contributed by atoms with van der Waals surface area (Å²) < 4.78 is 6.58. The van der Waals surface area contributed by atoms with E-state index in [1.54, 1.807) is 11.0 Å². The summed E-state index contributed by atoms with van der Waals surface area (Å²) in [6.45, 7) is 7.22. The lowest BCUT2D eigenvalue weighted by Gasteiger charge is -2.35. The molecular weight excluding hydrogens is 464 g/mol. The standard InChI is InChI=1S/C22H25BrN2O4Si/c1-30(2,3)12-11-29-13-24-19(26)10-9-18(22(24)28)25-17-8-7-16(23)14-5-4-6-15(20(14)17)21(25)27/h4-8,18H,9-13H2,1-3H3. The summed E-state index contributed by atoms with van der Waals surface area (Å²) >= 11 is 3.54. The van der Waals surface area contributed by atoms with E-state index in [9.17, 15) is 14.4 Å². The summed E-state index contributed by atoms with van der Waals surface area (Å²) in [6.07, 6.45) is 0.536. The molecule has 0 aliphatic carbocycles. The molecule has 0 N–H and O–H groups in total. The minimum Gasteiger partial charge on any atom is -0.361 e. The Morgan fingerprint density at radius 2 is 1.90 bits per heavy atom. The van der Waals surface area contributed by atoms with Crippen molar-refractivity contribution in [1.29, 1.82) is 0 Å². The maximum absolute atomic E-state index is 13.2. The van der Waals surface area contributed by atoms with Crippen molar-refractivity contribution >= 4 is 58.2 Å². The fourth-order valence-corrected chi connectivity index (χ4v) is 5.23. The van der Waals surface area contributed by atoms with Crippen LogP contribution < -0.4 is 4.90 Å². The van der Waals surface area contributed by atoms with Gasteiger partial charge in [0.2, 0.25) is 5.91 Å². The Balaban J connectivity index is 1.58. The number of likely N-dealkylation sites (tertiary alicyclic amines) is 1. The van der Waals surface area contributed by atoms with Gasteiger partial charge >= 0.3 is 0 Å². The molecule has 2 aliphatic heterocycles. The average molecular weight is 489 g/mol. The quantitative estimate of drug-likeness (QED) is 0.343. The second kappa shape index (κ2) is 7.90. The fraction of sp³-hybridized carbons (Fsp3) is 0.409. The number of hydrogen-bond donors (Lipinski definition) is 0. The van der Waals surface area contributed by atoms with Crippen LogP contribution in [0.15, 0.2) is 34.8 Å². The molecule has 4 rings (SSSR count). The summed E-state index contributed by atoms with van der Waals surface area (Å²) in [5.74, 6) is -0.799. The topological polar surface area (TPSA) is 66.9 Å². The van der Waals surface area contributed by atoms with Crippen molar-refractivity contribution in [1.82, 2.24) is 4.90 Å². The Labute approximate surface area is 185 Å². The second-order valence-corrected chi connectivity index (χ2v) is 15.5. The van der Waals surface area contributed by atoms with E-state index in [1.807, 2.05) is 24.3 Å². The molecule has 0 bridgehead atoms. The van der Waals surface area contributed by atoms with Crippen LogP contribution in [0, 0.1) is 0 Å². The lowest BCUT2D eigenvalue weighted by molar-refractivity contribution is -0.155. The van der Waals surface area contributed by atoms with E-state index >= 15 is 0 Å². The van der Waals surface area contributed by atoms with Gasteiger partial charge in [-0.25, -0.2) is 0 Å². The largest absolute Gasteiger partial charge is 0.361 e. The molecule has 2 aromatic rings. The fourth-order valence-electron chi connectivity index (χ4n) is 4.01. The lowest BCUT2D eigenvalue weighted by atomic mass is 10.0. The summed E-state index contributed by atoms with van der Waals surface area (Å²) in [6, 6.07) is 9.60. The van der Waals surface area contributed by atoms with Crippen molar-refractivity contribution in [3.05, 3.63) is 40.4 Å². The predicted molar refractivity (Wildman–Crippen MR) is 122 cm³/mol. The molecule has 30 heavy (non-hydrogen) atoms. The minimum absolute atomic E-state index is 0.0522. The number of benzene rings is 2. The number of imide groups is 1. The summed E-state index contributed by atoms with van der Waals surface area (Å²) in [4.78, 5) is 41.6. The minimum atomic E-state index is -1.26. The van der Waals surface area contributed by atoms with Gasteiger partial charge in [0.1, 0.15) is 12.8 Å².